The van der Waals surface area contributed by atoms with Crippen LogP contribution < -0.4 is 5.32 Å². The van der Waals surface area contributed by atoms with Crippen LogP contribution in [-0.2, 0) is 4.74 Å². The first kappa shape index (κ1) is 12.3. The summed E-state index contributed by atoms with van der Waals surface area (Å²) in [5.41, 5.74) is 0. The van der Waals surface area contributed by atoms with E-state index in [1.54, 1.807) is 0 Å². The topological polar surface area (TPSA) is 24.5 Å². The fourth-order valence-electron chi connectivity index (χ4n) is 2.77. The molecule has 0 spiro atoms. The van der Waals surface area contributed by atoms with Crippen LogP contribution in [-0.4, -0.2) is 50.3 Å². The average molecular weight is 226 g/mol. The number of ether oxygens (including phenoxy) is 1. The molecule has 3 heteroatoms. The molecule has 2 aliphatic heterocycles. The number of morpholine rings is 1. The SMILES string of the molecule is CCC1CN(CCC2CCCNC2)CCO1. The van der Waals surface area contributed by atoms with Crippen LogP contribution in [0.4, 0.5) is 0 Å². The normalized spacial score (nSPS) is 32.8. The molecular weight excluding hydrogens is 200 g/mol. The van der Waals surface area contributed by atoms with Gasteiger partial charge in [-0.2, -0.15) is 0 Å². The van der Waals surface area contributed by atoms with Gasteiger partial charge in [0.1, 0.15) is 0 Å². The van der Waals surface area contributed by atoms with Gasteiger partial charge in [-0.3, -0.25) is 4.90 Å². The first-order valence-corrected chi connectivity index (χ1v) is 6.93. The van der Waals surface area contributed by atoms with Gasteiger partial charge in [-0.25, -0.2) is 0 Å². The van der Waals surface area contributed by atoms with Gasteiger partial charge in [0.25, 0.3) is 0 Å². The van der Waals surface area contributed by atoms with Crippen molar-refractivity contribution in [2.75, 3.05) is 39.3 Å². The third-order valence-electron chi connectivity index (χ3n) is 3.93. The van der Waals surface area contributed by atoms with Crippen LogP contribution in [0, 0.1) is 5.92 Å². The van der Waals surface area contributed by atoms with Gasteiger partial charge < -0.3 is 10.1 Å². The van der Waals surface area contributed by atoms with E-state index >= 15 is 0 Å². The van der Waals surface area contributed by atoms with Crippen LogP contribution in [0.2, 0.25) is 0 Å². The van der Waals surface area contributed by atoms with Crippen LogP contribution in [0.1, 0.15) is 32.6 Å². The van der Waals surface area contributed by atoms with E-state index in [0.717, 1.165) is 32.0 Å². The zero-order valence-electron chi connectivity index (χ0n) is 10.6. The Kier molecular flexibility index (Phi) is 5.07. The number of nitrogens with one attached hydrogen (secondary N) is 1. The summed E-state index contributed by atoms with van der Waals surface area (Å²) in [6, 6.07) is 0. The van der Waals surface area contributed by atoms with E-state index in [0.29, 0.717) is 6.10 Å². The first-order valence-electron chi connectivity index (χ1n) is 6.93. The maximum atomic E-state index is 5.70. The third kappa shape index (κ3) is 3.72. The van der Waals surface area contributed by atoms with Gasteiger partial charge in [0, 0.05) is 13.1 Å². The second-order valence-electron chi connectivity index (χ2n) is 5.20. The summed E-state index contributed by atoms with van der Waals surface area (Å²) in [4.78, 5) is 2.59. The van der Waals surface area contributed by atoms with Gasteiger partial charge >= 0.3 is 0 Å². The molecule has 2 saturated heterocycles. The Hall–Kier alpha value is -0.120. The maximum Gasteiger partial charge on any atom is 0.0700 e. The second-order valence-corrected chi connectivity index (χ2v) is 5.20. The van der Waals surface area contributed by atoms with Gasteiger partial charge in [-0.1, -0.05) is 6.92 Å². The van der Waals surface area contributed by atoms with Gasteiger partial charge in [0.05, 0.1) is 12.7 Å². The quantitative estimate of drug-likeness (QED) is 0.786. The van der Waals surface area contributed by atoms with Crippen molar-refractivity contribution < 1.29 is 4.74 Å². The van der Waals surface area contributed by atoms with E-state index in [-0.39, 0.29) is 0 Å². The molecule has 0 aliphatic carbocycles. The number of piperidine rings is 1. The molecule has 0 aromatic carbocycles. The molecule has 0 radical (unpaired) electrons. The molecule has 2 fully saturated rings. The van der Waals surface area contributed by atoms with Crippen molar-refractivity contribution in [1.29, 1.82) is 0 Å². The lowest BCUT2D eigenvalue weighted by Gasteiger charge is -2.34. The number of rotatable bonds is 4. The molecule has 0 aromatic heterocycles. The fourth-order valence-corrected chi connectivity index (χ4v) is 2.77. The average Bonchev–Trinajstić information content (AvgIpc) is 2.38. The van der Waals surface area contributed by atoms with Crippen molar-refractivity contribution in [1.82, 2.24) is 10.2 Å². The minimum atomic E-state index is 0.484. The lowest BCUT2D eigenvalue weighted by Crippen LogP contribution is -2.43. The first-order chi connectivity index (χ1) is 7.88. The Bertz CT molecular complexity index is 192. The summed E-state index contributed by atoms with van der Waals surface area (Å²) in [5.74, 6) is 0.914. The molecule has 16 heavy (non-hydrogen) atoms. The van der Waals surface area contributed by atoms with Crippen LogP contribution >= 0.6 is 0 Å². The minimum Gasteiger partial charge on any atom is -0.376 e. The summed E-state index contributed by atoms with van der Waals surface area (Å²) in [6.45, 7) is 9.17. The Labute approximate surface area is 99.5 Å². The Balaban J connectivity index is 1.64. The largest absolute Gasteiger partial charge is 0.376 e. The lowest BCUT2D eigenvalue weighted by molar-refractivity contribution is -0.0311. The van der Waals surface area contributed by atoms with Gasteiger partial charge in [0.15, 0.2) is 0 Å². The number of hydrogen-bond acceptors (Lipinski definition) is 3. The monoisotopic (exact) mass is 226 g/mol. The second kappa shape index (κ2) is 6.58. The highest BCUT2D eigenvalue weighted by molar-refractivity contribution is 4.74. The van der Waals surface area contributed by atoms with Gasteiger partial charge in [-0.05, 0) is 51.2 Å². The predicted octanol–water partition coefficient (Wildman–Crippen LogP) is 1.49. The van der Waals surface area contributed by atoms with Crippen LogP contribution in [0.5, 0.6) is 0 Å². The predicted molar refractivity (Wildman–Crippen MR) is 66.7 cm³/mol. The van der Waals surface area contributed by atoms with Gasteiger partial charge in [-0.15, -0.1) is 0 Å². The molecule has 0 bridgehead atoms. The summed E-state index contributed by atoms with van der Waals surface area (Å²) in [7, 11) is 0. The van der Waals surface area contributed by atoms with Crippen LogP contribution in [0.15, 0.2) is 0 Å². The summed E-state index contributed by atoms with van der Waals surface area (Å²) >= 11 is 0. The Morgan fingerprint density at radius 1 is 1.44 bits per heavy atom. The molecule has 2 atom stereocenters. The molecule has 2 aliphatic rings. The molecule has 1 N–H and O–H groups in total. The van der Waals surface area contributed by atoms with E-state index in [2.05, 4.69) is 17.1 Å². The molecule has 0 aromatic rings. The summed E-state index contributed by atoms with van der Waals surface area (Å²) in [6.07, 6.45) is 5.79. The molecule has 0 amide bonds. The number of nitrogens with zero attached hydrogens (tertiary/aromatic N) is 1. The van der Waals surface area contributed by atoms with E-state index in [1.165, 1.54) is 38.9 Å². The van der Waals surface area contributed by atoms with E-state index in [1.807, 2.05) is 0 Å². The lowest BCUT2D eigenvalue weighted by atomic mass is 9.96. The van der Waals surface area contributed by atoms with Gasteiger partial charge in [0.2, 0.25) is 0 Å². The molecule has 2 heterocycles. The van der Waals surface area contributed by atoms with Crippen molar-refractivity contribution in [2.24, 2.45) is 5.92 Å². The zero-order valence-corrected chi connectivity index (χ0v) is 10.6. The highest BCUT2D eigenvalue weighted by Crippen LogP contribution is 2.16. The molecule has 2 unspecified atom stereocenters. The van der Waals surface area contributed by atoms with E-state index < -0.39 is 0 Å². The van der Waals surface area contributed by atoms with Crippen molar-refractivity contribution in [3.05, 3.63) is 0 Å². The van der Waals surface area contributed by atoms with Crippen molar-refractivity contribution in [3.8, 4) is 0 Å². The fraction of sp³-hybridized carbons (Fsp3) is 1.00. The molecule has 0 saturated carbocycles. The third-order valence-corrected chi connectivity index (χ3v) is 3.93. The summed E-state index contributed by atoms with van der Waals surface area (Å²) < 4.78 is 5.70. The Morgan fingerprint density at radius 3 is 3.12 bits per heavy atom. The standard InChI is InChI=1S/C13H26N2O/c1-2-13-11-15(8-9-16-13)7-5-12-4-3-6-14-10-12/h12-14H,2-11H2,1H3. The smallest absolute Gasteiger partial charge is 0.0700 e. The van der Waals surface area contributed by atoms with E-state index in [9.17, 15) is 0 Å². The zero-order chi connectivity index (χ0) is 11.2. The maximum absolute atomic E-state index is 5.70. The molecule has 94 valence electrons. The molecule has 3 nitrogen and oxygen atoms in total. The van der Waals surface area contributed by atoms with Crippen molar-refractivity contribution in [3.63, 3.8) is 0 Å². The Morgan fingerprint density at radius 2 is 2.38 bits per heavy atom. The number of hydrogen-bond donors (Lipinski definition) is 1. The van der Waals surface area contributed by atoms with Crippen molar-refractivity contribution in [2.45, 2.75) is 38.7 Å². The van der Waals surface area contributed by atoms with E-state index in [4.69, 9.17) is 4.74 Å². The molecule has 2 rings (SSSR count). The minimum absolute atomic E-state index is 0.484. The van der Waals surface area contributed by atoms with Crippen LogP contribution in [0.25, 0.3) is 0 Å². The summed E-state index contributed by atoms with van der Waals surface area (Å²) in [5, 5.41) is 3.50. The highest BCUT2D eigenvalue weighted by atomic mass is 16.5. The molecular formula is C13H26N2O. The van der Waals surface area contributed by atoms with Crippen molar-refractivity contribution >= 4 is 0 Å². The van der Waals surface area contributed by atoms with Crippen LogP contribution in [0.3, 0.4) is 0 Å². The highest BCUT2D eigenvalue weighted by Gasteiger charge is 2.20.